The number of nitrogens with zero attached hydrogens (tertiary/aromatic N) is 1. The van der Waals surface area contributed by atoms with Crippen LogP contribution < -0.4 is 4.74 Å². The average molecular weight is 276 g/mol. The van der Waals surface area contributed by atoms with Crippen LogP contribution in [0.25, 0.3) is 0 Å². The Bertz CT molecular complexity index is 523. The van der Waals surface area contributed by atoms with E-state index in [0.29, 0.717) is 17.5 Å². The summed E-state index contributed by atoms with van der Waals surface area (Å²) >= 11 is 6.03. The number of halogens is 1. The lowest BCUT2D eigenvalue weighted by atomic mass is 10.0. The van der Waals surface area contributed by atoms with E-state index in [0.717, 1.165) is 17.9 Å². The summed E-state index contributed by atoms with van der Waals surface area (Å²) in [6.07, 6.45) is 2.81. The highest BCUT2D eigenvalue weighted by molar-refractivity contribution is 6.31. The Morgan fingerprint density at radius 2 is 1.89 bits per heavy atom. The van der Waals surface area contributed by atoms with E-state index in [1.807, 2.05) is 24.3 Å². The summed E-state index contributed by atoms with van der Waals surface area (Å²) in [4.78, 5) is 4.19. The van der Waals surface area contributed by atoms with Crippen molar-refractivity contribution in [2.75, 3.05) is 0 Å². The Morgan fingerprint density at radius 1 is 1.16 bits per heavy atom. The molecular weight excluding hydrogens is 258 g/mol. The van der Waals surface area contributed by atoms with Crippen LogP contribution in [0.2, 0.25) is 5.02 Å². The molecule has 0 atom stereocenters. The smallest absolute Gasteiger partial charge is 0.132 e. The first-order chi connectivity index (χ1) is 9.15. The molecule has 1 aromatic carbocycles. The van der Waals surface area contributed by atoms with Crippen LogP contribution >= 0.6 is 11.6 Å². The van der Waals surface area contributed by atoms with Gasteiger partial charge in [0.25, 0.3) is 0 Å². The molecule has 2 rings (SSSR count). The van der Waals surface area contributed by atoms with Crippen LogP contribution in [-0.2, 0) is 13.0 Å². The predicted molar refractivity (Wildman–Crippen MR) is 78.6 cm³/mol. The van der Waals surface area contributed by atoms with Crippen molar-refractivity contribution in [3.63, 3.8) is 0 Å². The van der Waals surface area contributed by atoms with Gasteiger partial charge in [-0.15, -0.1) is 0 Å². The molecular formula is C16H18ClNO. The molecule has 0 aliphatic rings. The molecule has 2 nitrogen and oxygen atoms in total. The highest BCUT2D eigenvalue weighted by atomic mass is 35.5. The summed E-state index contributed by atoms with van der Waals surface area (Å²) in [7, 11) is 0. The number of benzene rings is 1. The van der Waals surface area contributed by atoms with E-state index in [1.54, 1.807) is 6.20 Å². The van der Waals surface area contributed by atoms with E-state index in [1.165, 1.54) is 5.56 Å². The number of rotatable bonds is 5. The zero-order valence-electron chi connectivity index (χ0n) is 11.3. The van der Waals surface area contributed by atoms with E-state index in [2.05, 4.69) is 31.0 Å². The van der Waals surface area contributed by atoms with Gasteiger partial charge >= 0.3 is 0 Å². The van der Waals surface area contributed by atoms with Crippen LogP contribution in [0.1, 0.15) is 25.1 Å². The summed E-state index contributed by atoms with van der Waals surface area (Å²) in [5.41, 5.74) is 2.09. The molecule has 2 aromatic rings. The quantitative estimate of drug-likeness (QED) is 0.801. The lowest BCUT2D eigenvalue weighted by molar-refractivity contribution is 0.301. The van der Waals surface area contributed by atoms with Crippen LogP contribution in [0.15, 0.2) is 42.6 Å². The van der Waals surface area contributed by atoms with E-state index in [9.17, 15) is 0 Å². The van der Waals surface area contributed by atoms with Gasteiger partial charge in [-0.2, -0.15) is 0 Å². The molecule has 100 valence electrons. The Kier molecular flexibility index (Phi) is 4.80. The molecule has 3 heteroatoms. The normalized spacial score (nSPS) is 10.7. The van der Waals surface area contributed by atoms with Crippen molar-refractivity contribution < 1.29 is 4.74 Å². The number of aromatic nitrogens is 1. The fourth-order valence-electron chi connectivity index (χ4n) is 1.87. The zero-order chi connectivity index (χ0) is 13.7. The molecule has 0 N–H and O–H groups in total. The highest BCUT2D eigenvalue weighted by Gasteiger charge is 2.03. The highest BCUT2D eigenvalue weighted by Crippen LogP contribution is 2.18. The minimum atomic E-state index is 0.392. The van der Waals surface area contributed by atoms with E-state index in [4.69, 9.17) is 16.3 Å². The maximum absolute atomic E-state index is 6.03. The third kappa shape index (κ3) is 4.25. The Morgan fingerprint density at radius 3 is 2.53 bits per heavy atom. The fourth-order valence-corrected chi connectivity index (χ4v) is 2.05. The van der Waals surface area contributed by atoms with E-state index < -0.39 is 0 Å². The molecule has 0 aliphatic carbocycles. The van der Waals surface area contributed by atoms with Crippen LogP contribution in [0.4, 0.5) is 0 Å². The molecule has 0 amide bonds. The van der Waals surface area contributed by atoms with Crippen molar-refractivity contribution >= 4 is 11.6 Å². The SMILES string of the molecule is CC(C)Cc1ccc(OCc2ncccc2Cl)cc1. The maximum atomic E-state index is 6.03. The molecule has 0 radical (unpaired) electrons. The Balaban J connectivity index is 1.95. The van der Waals surface area contributed by atoms with E-state index in [-0.39, 0.29) is 0 Å². The maximum Gasteiger partial charge on any atom is 0.132 e. The van der Waals surface area contributed by atoms with Crippen LogP contribution in [-0.4, -0.2) is 4.98 Å². The molecule has 0 saturated heterocycles. The first kappa shape index (κ1) is 13.9. The van der Waals surface area contributed by atoms with Gasteiger partial charge in [0.15, 0.2) is 0 Å². The number of ether oxygens (including phenoxy) is 1. The zero-order valence-corrected chi connectivity index (χ0v) is 12.0. The summed E-state index contributed by atoms with van der Waals surface area (Å²) in [5.74, 6) is 1.51. The molecule has 0 unspecified atom stereocenters. The summed E-state index contributed by atoms with van der Waals surface area (Å²) in [5, 5.41) is 0.638. The molecule has 0 spiro atoms. The first-order valence-electron chi connectivity index (χ1n) is 6.46. The van der Waals surface area contributed by atoms with Gasteiger partial charge in [-0.25, -0.2) is 0 Å². The first-order valence-corrected chi connectivity index (χ1v) is 6.84. The van der Waals surface area contributed by atoms with Crippen molar-refractivity contribution in [1.29, 1.82) is 0 Å². The second-order valence-electron chi connectivity index (χ2n) is 4.96. The molecule has 0 aliphatic heterocycles. The van der Waals surface area contributed by atoms with E-state index >= 15 is 0 Å². The van der Waals surface area contributed by atoms with Crippen molar-refractivity contribution in [2.45, 2.75) is 26.9 Å². The summed E-state index contributed by atoms with van der Waals surface area (Å²) in [6, 6.07) is 11.8. The lowest BCUT2D eigenvalue weighted by Gasteiger charge is -2.09. The average Bonchev–Trinajstić information content (AvgIpc) is 2.39. The molecule has 0 saturated carbocycles. The second-order valence-corrected chi connectivity index (χ2v) is 5.37. The summed E-state index contributed by atoms with van der Waals surface area (Å²) < 4.78 is 5.69. The minimum absolute atomic E-state index is 0.392. The number of hydrogen-bond acceptors (Lipinski definition) is 2. The topological polar surface area (TPSA) is 22.1 Å². The van der Waals surface area contributed by atoms with Crippen molar-refractivity contribution in [1.82, 2.24) is 4.98 Å². The third-order valence-corrected chi connectivity index (χ3v) is 3.12. The van der Waals surface area contributed by atoms with Crippen LogP contribution in [0, 0.1) is 5.92 Å². The van der Waals surface area contributed by atoms with Gasteiger partial charge in [-0.1, -0.05) is 37.6 Å². The third-order valence-electron chi connectivity index (χ3n) is 2.78. The molecule has 1 heterocycles. The van der Waals surface area contributed by atoms with Gasteiger partial charge in [0.05, 0.1) is 10.7 Å². The van der Waals surface area contributed by atoms with Gasteiger partial charge in [-0.3, -0.25) is 4.98 Å². The molecule has 0 fully saturated rings. The predicted octanol–water partition coefficient (Wildman–Crippen LogP) is 4.51. The van der Waals surface area contributed by atoms with Gasteiger partial charge in [0.1, 0.15) is 12.4 Å². The van der Waals surface area contributed by atoms with Gasteiger partial charge < -0.3 is 4.74 Å². The molecule has 19 heavy (non-hydrogen) atoms. The van der Waals surface area contributed by atoms with Crippen molar-refractivity contribution in [3.8, 4) is 5.75 Å². The monoisotopic (exact) mass is 275 g/mol. The standard InChI is InChI=1S/C16H18ClNO/c1-12(2)10-13-5-7-14(8-6-13)19-11-16-15(17)4-3-9-18-16/h3-9,12H,10-11H2,1-2H3. The minimum Gasteiger partial charge on any atom is -0.487 e. The molecule has 0 bridgehead atoms. The largest absolute Gasteiger partial charge is 0.487 e. The van der Waals surface area contributed by atoms with Crippen LogP contribution in [0.5, 0.6) is 5.75 Å². The van der Waals surface area contributed by atoms with Crippen molar-refractivity contribution in [2.24, 2.45) is 5.92 Å². The Hall–Kier alpha value is -1.54. The Labute approximate surface area is 119 Å². The van der Waals surface area contributed by atoms with Gasteiger partial charge in [-0.05, 0) is 42.2 Å². The second kappa shape index (κ2) is 6.58. The fraction of sp³-hybridized carbons (Fsp3) is 0.312. The van der Waals surface area contributed by atoms with Crippen molar-refractivity contribution in [3.05, 3.63) is 58.9 Å². The lowest BCUT2D eigenvalue weighted by Crippen LogP contribution is -1.99. The number of pyridine rings is 1. The van der Waals surface area contributed by atoms with Gasteiger partial charge in [0.2, 0.25) is 0 Å². The summed E-state index contributed by atoms with van der Waals surface area (Å²) in [6.45, 7) is 4.82. The van der Waals surface area contributed by atoms with Gasteiger partial charge in [0, 0.05) is 6.20 Å². The van der Waals surface area contributed by atoms with Crippen LogP contribution in [0.3, 0.4) is 0 Å². The number of hydrogen-bond donors (Lipinski definition) is 0. The molecule has 1 aromatic heterocycles.